The molecule has 0 aliphatic heterocycles. The van der Waals surface area contributed by atoms with Gasteiger partial charge in [-0.25, -0.2) is 0 Å². The van der Waals surface area contributed by atoms with E-state index in [2.05, 4.69) is 0 Å². The topological polar surface area (TPSA) is 91.3 Å². The second-order valence-electron chi connectivity index (χ2n) is 7.62. The zero-order valence-electron chi connectivity index (χ0n) is 19.4. The van der Waals surface area contributed by atoms with Gasteiger partial charge in [-0.05, 0) is 17.2 Å². The van der Waals surface area contributed by atoms with Crippen LogP contribution in [-0.2, 0) is 20.7 Å². The van der Waals surface area contributed by atoms with Gasteiger partial charge in [0.25, 0.3) is 0 Å². The number of carbonyl (C=O) groups is 2. The fraction of sp³-hybridized carbons (Fsp3) is 0.259. The van der Waals surface area contributed by atoms with Crippen molar-refractivity contribution in [1.29, 1.82) is 0 Å². The highest BCUT2D eigenvalue weighted by atomic mass is 16.5. The Hall–Kier alpha value is -4.00. The number of benzene rings is 3. The molecule has 0 saturated heterocycles. The molecular weight excluding hydrogens is 436 g/mol. The predicted molar refractivity (Wildman–Crippen MR) is 127 cm³/mol. The fourth-order valence-electron chi connectivity index (χ4n) is 3.80. The maximum Gasteiger partial charge on any atom is 0.320 e. The summed E-state index contributed by atoms with van der Waals surface area (Å²) in [6, 6.07) is 22.5. The number of hydrogen-bond donors (Lipinski definition) is 1. The molecule has 7 nitrogen and oxygen atoms in total. The summed E-state index contributed by atoms with van der Waals surface area (Å²) in [5.74, 6) is -2.60. The lowest BCUT2D eigenvalue weighted by molar-refractivity contribution is -0.158. The van der Waals surface area contributed by atoms with Gasteiger partial charge in [-0.15, -0.1) is 0 Å². The summed E-state index contributed by atoms with van der Waals surface area (Å²) in [6.45, 7) is 0.00913. The molecule has 1 unspecified atom stereocenters. The van der Waals surface area contributed by atoms with E-state index in [0.29, 0.717) is 22.8 Å². The van der Waals surface area contributed by atoms with Crippen LogP contribution in [0.25, 0.3) is 0 Å². The Bertz CT molecular complexity index is 1060. The van der Waals surface area contributed by atoms with Crippen LogP contribution < -0.4 is 14.2 Å². The maximum absolute atomic E-state index is 13.0. The average Bonchev–Trinajstić information content (AvgIpc) is 2.87. The van der Waals surface area contributed by atoms with Crippen LogP contribution in [0.15, 0.2) is 72.8 Å². The summed E-state index contributed by atoms with van der Waals surface area (Å²) < 4.78 is 21.6. The Morgan fingerprint density at radius 2 is 1.41 bits per heavy atom. The Morgan fingerprint density at radius 1 is 0.824 bits per heavy atom. The summed E-state index contributed by atoms with van der Waals surface area (Å²) in [5.41, 5.74) is 2.39. The van der Waals surface area contributed by atoms with E-state index in [1.54, 1.807) is 12.1 Å². The molecule has 3 rings (SSSR count). The fourth-order valence-corrected chi connectivity index (χ4v) is 3.80. The van der Waals surface area contributed by atoms with Gasteiger partial charge >= 0.3 is 11.9 Å². The number of hydrogen-bond acceptors (Lipinski definition) is 6. The van der Waals surface area contributed by atoms with E-state index in [9.17, 15) is 14.7 Å². The van der Waals surface area contributed by atoms with Crippen LogP contribution in [0.3, 0.4) is 0 Å². The largest absolute Gasteiger partial charge is 0.497 e. The summed E-state index contributed by atoms with van der Waals surface area (Å²) in [4.78, 5) is 25.0. The summed E-state index contributed by atoms with van der Waals surface area (Å²) in [5, 5.41) is 9.82. The summed E-state index contributed by atoms with van der Waals surface area (Å²) >= 11 is 0. The number of ether oxygens (including phenoxy) is 4. The van der Waals surface area contributed by atoms with Crippen molar-refractivity contribution >= 4 is 11.9 Å². The van der Waals surface area contributed by atoms with Gasteiger partial charge in [-0.3, -0.25) is 9.59 Å². The molecule has 1 atom stereocenters. The monoisotopic (exact) mass is 464 g/mol. The number of esters is 1. The van der Waals surface area contributed by atoms with Gasteiger partial charge < -0.3 is 24.1 Å². The van der Waals surface area contributed by atoms with Crippen molar-refractivity contribution in [2.24, 2.45) is 5.92 Å². The van der Waals surface area contributed by atoms with E-state index in [1.165, 1.54) is 21.3 Å². The van der Waals surface area contributed by atoms with Crippen LogP contribution in [0.2, 0.25) is 0 Å². The number of carboxylic acid groups (broad SMARTS) is 1. The Morgan fingerprint density at radius 3 is 1.88 bits per heavy atom. The molecule has 3 aromatic carbocycles. The molecular formula is C27H28O7. The van der Waals surface area contributed by atoms with Crippen molar-refractivity contribution in [3.05, 3.63) is 89.5 Å². The normalized spacial score (nSPS) is 11.5. The Labute approximate surface area is 198 Å². The van der Waals surface area contributed by atoms with Gasteiger partial charge in [0.1, 0.15) is 12.4 Å². The van der Waals surface area contributed by atoms with Crippen molar-refractivity contribution < 1.29 is 33.6 Å². The third-order valence-corrected chi connectivity index (χ3v) is 5.57. The highest BCUT2D eigenvalue weighted by molar-refractivity contribution is 5.94. The number of methoxy groups -OCH3 is 3. The molecule has 0 aliphatic rings. The quantitative estimate of drug-likeness (QED) is 0.334. The first-order valence-corrected chi connectivity index (χ1v) is 10.8. The minimum atomic E-state index is -1.43. The molecule has 178 valence electrons. The molecule has 0 aliphatic carbocycles. The van der Waals surface area contributed by atoms with Gasteiger partial charge in [0.15, 0.2) is 17.4 Å². The van der Waals surface area contributed by atoms with Crippen LogP contribution in [0.1, 0.15) is 22.6 Å². The third-order valence-electron chi connectivity index (χ3n) is 5.57. The van der Waals surface area contributed by atoms with E-state index in [0.717, 1.165) is 11.1 Å². The molecule has 0 spiro atoms. The molecule has 34 heavy (non-hydrogen) atoms. The molecule has 7 heteroatoms. The highest BCUT2D eigenvalue weighted by Crippen LogP contribution is 2.37. The van der Waals surface area contributed by atoms with E-state index < -0.39 is 17.9 Å². The van der Waals surface area contributed by atoms with Gasteiger partial charge in [0.2, 0.25) is 0 Å². The molecule has 0 amide bonds. The second-order valence-corrected chi connectivity index (χ2v) is 7.62. The number of rotatable bonds is 11. The smallest absolute Gasteiger partial charge is 0.320 e. The third kappa shape index (κ3) is 5.86. The van der Waals surface area contributed by atoms with Gasteiger partial charge in [0.05, 0.1) is 21.3 Å². The molecule has 0 saturated carbocycles. The average molecular weight is 465 g/mol. The summed E-state index contributed by atoms with van der Waals surface area (Å²) in [6.07, 6.45) is -0.147. The van der Waals surface area contributed by atoms with E-state index in [1.807, 2.05) is 60.7 Å². The standard InChI is InChI=1S/C27H28O7/c1-31-21-14-20(25(33-3)24(16-21)32-2)15-22(26(28)29)27(30)34-17-23(18-10-6-4-7-11-18)19-12-8-5-9-13-19/h4-14,16,22-23H,15,17H2,1-3H3,(H,28,29). The first kappa shape index (κ1) is 24.6. The lowest BCUT2D eigenvalue weighted by Crippen LogP contribution is -2.29. The first-order chi connectivity index (χ1) is 16.5. The summed E-state index contributed by atoms with van der Waals surface area (Å²) in [7, 11) is 4.41. The van der Waals surface area contributed by atoms with Crippen molar-refractivity contribution in [3.8, 4) is 17.2 Å². The van der Waals surface area contributed by atoms with Gasteiger partial charge in [0, 0.05) is 24.0 Å². The Kier molecular flexibility index (Phi) is 8.51. The van der Waals surface area contributed by atoms with Crippen LogP contribution in [0.4, 0.5) is 0 Å². The minimum absolute atomic E-state index is 0.00913. The van der Waals surface area contributed by atoms with E-state index >= 15 is 0 Å². The number of aliphatic carboxylic acids is 1. The number of carbonyl (C=O) groups excluding carboxylic acids is 1. The molecule has 0 heterocycles. The first-order valence-electron chi connectivity index (χ1n) is 10.8. The Balaban J connectivity index is 1.83. The molecule has 0 bridgehead atoms. The van der Waals surface area contributed by atoms with Crippen LogP contribution >= 0.6 is 0 Å². The van der Waals surface area contributed by atoms with Crippen LogP contribution in [-0.4, -0.2) is 45.0 Å². The van der Waals surface area contributed by atoms with Crippen molar-refractivity contribution in [2.45, 2.75) is 12.3 Å². The molecule has 0 fully saturated rings. The molecule has 3 aromatic rings. The van der Waals surface area contributed by atoms with Gasteiger partial charge in [-0.2, -0.15) is 0 Å². The lowest BCUT2D eigenvalue weighted by Gasteiger charge is -2.20. The molecule has 0 aromatic heterocycles. The maximum atomic E-state index is 13.0. The van der Waals surface area contributed by atoms with E-state index in [4.69, 9.17) is 18.9 Å². The minimum Gasteiger partial charge on any atom is -0.497 e. The predicted octanol–water partition coefficient (Wildman–Crippen LogP) is 4.33. The highest BCUT2D eigenvalue weighted by Gasteiger charge is 2.31. The van der Waals surface area contributed by atoms with Gasteiger partial charge in [-0.1, -0.05) is 60.7 Å². The van der Waals surface area contributed by atoms with Crippen LogP contribution in [0.5, 0.6) is 17.2 Å². The molecule has 0 radical (unpaired) electrons. The van der Waals surface area contributed by atoms with Crippen molar-refractivity contribution in [2.75, 3.05) is 27.9 Å². The van der Waals surface area contributed by atoms with Crippen LogP contribution in [0, 0.1) is 5.92 Å². The zero-order chi connectivity index (χ0) is 24.5. The lowest BCUT2D eigenvalue weighted by atomic mass is 9.92. The van der Waals surface area contributed by atoms with E-state index in [-0.39, 0.29) is 18.9 Å². The zero-order valence-corrected chi connectivity index (χ0v) is 19.4. The second kappa shape index (κ2) is 11.7. The van der Waals surface area contributed by atoms with Crippen molar-refractivity contribution in [1.82, 2.24) is 0 Å². The number of carboxylic acids is 1. The molecule has 1 N–H and O–H groups in total. The SMILES string of the molecule is COc1cc(CC(C(=O)O)C(=O)OCC(c2ccccc2)c2ccccc2)c(OC)c(OC)c1. The van der Waals surface area contributed by atoms with Crippen molar-refractivity contribution in [3.63, 3.8) is 0 Å².